The Bertz CT molecular complexity index is 303. The summed E-state index contributed by atoms with van der Waals surface area (Å²) in [5.74, 6) is 0.511. The first kappa shape index (κ1) is 16.5. The van der Waals surface area contributed by atoms with Crippen LogP contribution in [0.2, 0.25) is 5.21 Å². The first-order valence-corrected chi connectivity index (χ1v) is 8.91. The molecule has 0 aliphatic heterocycles. The lowest BCUT2D eigenvalue weighted by Gasteiger charge is -2.53. The van der Waals surface area contributed by atoms with E-state index in [0.717, 1.165) is 6.42 Å². The minimum Gasteiger partial charge on any atom is -0.0914 e. The summed E-state index contributed by atoms with van der Waals surface area (Å²) in [6.07, 6.45) is 14.8. The summed E-state index contributed by atoms with van der Waals surface area (Å²) in [6, 6.07) is 0. The molecule has 2 fully saturated rings. The average Bonchev–Trinajstić information content (AvgIpc) is 2.40. The first-order valence-electron chi connectivity index (χ1n) is 8.91. The second-order valence-corrected chi connectivity index (χ2v) is 8.40. The molecule has 0 aromatic carbocycles. The van der Waals surface area contributed by atoms with Crippen LogP contribution in [0.15, 0.2) is 0 Å². The minimum absolute atomic E-state index is 0.0451. The number of hydrogen-bond acceptors (Lipinski definition) is 0. The molecule has 1 spiro atoms. The van der Waals surface area contributed by atoms with Crippen molar-refractivity contribution in [2.45, 2.75) is 96.6 Å². The van der Waals surface area contributed by atoms with Gasteiger partial charge >= 0.3 is 0 Å². The molecule has 2 saturated carbocycles. The van der Waals surface area contributed by atoms with E-state index < -0.39 is 5.21 Å². The maximum absolute atomic E-state index is 6.65. The van der Waals surface area contributed by atoms with Crippen LogP contribution in [-0.4, -0.2) is 15.7 Å². The van der Waals surface area contributed by atoms with Gasteiger partial charge in [0, 0.05) is 0 Å². The molecule has 4 radical (unpaired) electrons. The highest BCUT2D eigenvalue weighted by atomic mass is 14.5. The fourth-order valence-corrected chi connectivity index (χ4v) is 4.90. The van der Waals surface area contributed by atoms with Crippen molar-refractivity contribution in [3.8, 4) is 0 Å². The minimum atomic E-state index is -0.501. The van der Waals surface area contributed by atoms with E-state index >= 15 is 0 Å². The molecular weight excluding hydrogens is 238 g/mol. The van der Waals surface area contributed by atoms with Crippen LogP contribution in [0.3, 0.4) is 0 Å². The van der Waals surface area contributed by atoms with Gasteiger partial charge in [0.25, 0.3) is 0 Å². The Morgan fingerprint density at radius 1 is 0.950 bits per heavy atom. The van der Waals surface area contributed by atoms with Crippen molar-refractivity contribution in [2.75, 3.05) is 0 Å². The van der Waals surface area contributed by atoms with Crippen molar-refractivity contribution in [1.82, 2.24) is 0 Å². The monoisotopic (exact) mass is 270 g/mol. The largest absolute Gasteiger partial charge is 0.0914 e. The lowest BCUT2D eigenvalue weighted by Crippen LogP contribution is -2.42. The standard InChI is InChI=1S/C18H32B2/c1-4-10-16(2,3)18(19,20)15-8-13-17(14-9-15)11-6-5-7-12-17/h15H,4-14H2,1-3H3. The highest BCUT2D eigenvalue weighted by Gasteiger charge is 2.45. The van der Waals surface area contributed by atoms with Crippen LogP contribution in [0.5, 0.6) is 0 Å². The topological polar surface area (TPSA) is 0 Å². The molecule has 0 amide bonds. The van der Waals surface area contributed by atoms with Crippen LogP contribution in [-0.2, 0) is 0 Å². The fourth-order valence-electron chi connectivity index (χ4n) is 4.90. The molecule has 0 atom stereocenters. The molecule has 0 saturated heterocycles. The van der Waals surface area contributed by atoms with E-state index in [-0.39, 0.29) is 5.41 Å². The summed E-state index contributed by atoms with van der Waals surface area (Å²) in [5, 5.41) is -0.501. The van der Waals surface area contributed by atoms with Crippen molar-refractivity contribution in [3.63, 3.8) is 0 Å². The van der Waals surface area contributed by atoms with E-state index in [1.165, 1.54) is 64.2 Å². The molecule has 20 heavy (non-hydrogen) atoms. The highest BCUT2D eigenvalue weighted by molar-refractivity contribution is 6.40. The van der Waals surface area contributed by atoms with Crippen LogP contribution in [0.25, 0.3) is 0 Å². The summed E-state index contributed by atoms with van der Waals surface area (Å²) in [5.41, 5.74) is 0.712. The van der Waals surface area contributed by atoms with Gasteiger partial charge in [-0.3, -0.25) is 0 Å². The van der Waals surface area contributed by atoms with E-state index in [2.05, 4.69) is 20.8 Å². The van der Waals surface area contributed by atoms with E-state index in [4.69, 9.17) is 15.7 Å². The van der Waals surface area contributed by atoms with Gasteiger partial charge in [-0.1, -0.05) is 70.4 Å². The zero-order valence-electron chi connectivity index (χ0n) is 14.0. The summed E-state index contributed by atoms with van der Waals surface area (Å²) in [6.45, 7) is 6.76. The molecule has 2 rings (SSSR count). The Kier molecular flexibility index (Phi) is 5.02. The Morgan fingerprint density at radius 2 is 1.50 bits per heavy atom. The molecule has 110 valence electrons. The van der Waals surface area contributed by atoms with E-state index in [0.29, 0.717) is 11.3 Å². The third-order valence-corrected chi connectivity index (χ3v) is 6.68. The summed E-state index contributed by atoms with van der Waals surface area (Å²) in [7, 11) is 13.3. The van der Waals surface area contributed by atoms with Gasteiger partial charge in [-0.2, -0.15) is 0 Å². The Hall–Kier alpha value is 0.130. The fraction of sp³-hybridized carbons (Fsp3) is 1.00. The van der Waals surface area contributed by atoms with Gasteiger partial charge in [-0.15, -0.1) is 0 Å². The van der Waals surface area contributed by atoms with E-state index in [9.17, 15) is 0 Å². The van der Waals surface area contributed by atoms with E-state index in [1.807, 2.05) is 0 Å². The molecular formula is C18H32B2. The zero-order chi connectivity index (χ0) is 14.9. The zero-order valence-corrected chi connectivity index (χ0v) is 14.0. The second kappa shape index (κ2) is 6.09. The summed E-state index contributed by atoms with van der Waals surface area (Å²) >= 11 is 0. The third-order valence-electron chi connectivity index (χ3n) is 6.68. The Labute approximate surface area is 129 Å². The smallest absolute Gasteiger partial charge is 0.0631 e. The molecule has 2 heteroatoms. The van der Waals surface area contributed by atoms with Gasteiger partial charge in [-0.05, 0) is 42.9 Å². The summed E-state index contributed by atoms with van der Waals surface area (Å²) < 4.78 is 0. The van der Waals surface area contributed by atoms with Crippen LogP contribution in [0, 0.1) is 16.7 Å². The van der Waals surface area contributed by atoms with Gasteiger partial charge in [0.05, 0.1) is 15.7 Å². The van der Waals surface area contributed by atoms with Crippen molar-refractivity contribution in [1.29, 1.82) is 0 Å². The summed E-state index contributed by atoms with van der Waals surface area (Å²) in [4.78, 5) is 0. The van der Waals surface area contributed by atoms with Gasteiger partial charge in [0.15, 0.2) is 0 Å². The highest BCUT2D eigenvalue weighted by Crippen LogP contribution is 2.57. The van der Waals surface area contributed by atoms with Crippen LogP contribution in [0.4, 0.5) is 0 Å². The molecule has 0 nitrogen and oxygen atoms in total. The normalized spacial score (nSPS) is 24.9. The van der Waals surface area contributed by atoms with Gasteiger partial charge < -0.3 is 0 Å². The molecule has 2 aliphatic rings. The molecule has 0 N–H and O–H groups in total. The molecule has 0 bridgehead atoms. The SMILES string of the molecule is [B]C([B])(C1CCC2(CCCCC2)CC1)C(C)(C)CCC. The molecule has 0 aromatic rings. The maximum atomic E-state index is 6.65. The second-order valence-electron chi connectivity index (χ2n) is 8.40. The van der Waals surface area contributed by atoms with Crippen LogP contribution < -0.4 is 0 Å². The Morgan fingerprint density at radius 3 is 2.00 bits per heavy atom. The predicted octanol–water partition coefficient (Wildman–Crippen LogP) is 5.41. The Balaban J connectivity index is 1.98. The maximum Gasteiger partial charge on any atom is 0.0631 e. The number of rotatable bonds is 4. The molecule has 0 unspecified atom stereocenters. The first-order chi connectivity index (χ1) is 9.33. The van der Waals surface area contributed by atoms with Crippen molar-refractivity contribution >= 4 is 15.7 Å². The lowest BCUT2D eigenvalue weighted by molar-refractivity contribution is 0.0705. The predicted molar refractivity (Wildman–Crippen MR) is 90.4 cm³/mol. The van der Waals surface area contributed by atoms with E-state index in [1.54, 1.807) is 0 Å². The average molecular weight is 270 g/mol. The van der Waals surface area contributed by atoms with Gasteiger partial charge in [0.2, 0.25) is 0 Å². The van der Waals surface area contributed by atoms with Crippen molar-refractivity contribution in [2.24, 2.45) is 16.7 Å². The molecule has 0 heterocycles. The molecule has 0 aromatic heterocycles. The van der Waals surface area contributed by atoms with Crippen LogP contribution >= 0.6 is 0 Å². The van der Waals surface area contributed by atoms with Gasteiger partial charge in [0.1, 0.15) is 0 Å². The lowest BCUT2D eigenvalue weighted by atomic mass is 9.35. The molecule has 2 aliphatic carbocycles. The van der Waals surface area contributed by atoms with Crippen molar-refractivity contribution < 1.29 is 0 Å². The van der Waals surface area contributed by atoms with Gasteiger partial charge in [-0.25, -0.2) is 0 Å². The quantitative estimate of drug-likeness (QED) is 0.599. The third kappa shape index (κ3) is 3.14. The van der Waals surface area contributed by atoms with Crippen LogP contribution in [0.1, 0.15) is 91.4 Å². The number of hydrogen-bond donors (Lipinski definition) is 0. The van der Waals surface area contributed by atoms with Crippen molar-refractivity contribution in [3.05, 3.63) is 0 Å².